The second-order valence-corrected chi connectivity index (χ2v) is 2.78. The number of aromatic nitrogens is 2. The van der Waals surface area contributed by atoms with Crippen LogP contribution in [0, 0.1) is 0 Å². The van der Waals surface area contributed by atoms with E-state index in [1.165, 1.54) is 0 Å². The Morgan fingerprint density at radius 2 is 2.50 bits per heavy atom. The second-order valence-electron chi connectivity index (χ2n) is 2.78. The van der Waals surface area contributed by atoms with Gasteiger partial charge in [0.2, 0.25) is 5.91 Å². The van der Waals surface area contributed by atoms with E-state index in [4.69, 9.17) is 0 Å². The fourth-order valence-corrected chi connectivity index (χ4v) is 1.28. The lowest BCUT2D eigenvalue weighted by Gasteiger charge is -2.22. The number of amides is 1. The van der Waals surface area contributed by atoms with Crippen LogP contribution in [0.4, 0.5) is 0 Å². The van der Waals surface area contributed by atoms with Gasteiger partial charge in [0.05, 0.1) is 18.8 Å². The standard InChI is InChI=1S/C7H10N4O/c12-7-4-8-3-6(11-7)5-1-9-10-2-5/h1-2,6,8H,3-4H2,(H,9,10)(H,11,12). The van der Waals surface area contributed by atoms with Gasteiger partial charge < -0.3 is 10.6 Å². The molecule has 1 fully saturated rings. The van der Waals surface area contributed by atoms with E-state index in [-0.39, 0.29) is 11.9 Å². The van der Waals surface area contributed by atoms with Crippen molar-refractivity contribution >= 4 is 5.91 Å². The van der Waals surface area contributed by atoms with Gasteiger partial charge in [-0.3, -0.25) is 9.89 Å². The van der Waals surface area contributed by atoms with Crippen LogP contribution in [0.1, 0.15) is 11.6 Å². The Bertz CT molecular complexity index is 269. The molecule has 1 unspecified atom stereocenters. The van der Waals surface area contributed by atoms with Crippen molar-refractivity contribution in [2.75, 3.05) is 13.1 Å². The number of carbonyl (C=O) groups is 1. The number of aromatic amines is 1. The molecule has 2 rings (SSSR count). The number of rotatable bonds is 1. The minimum Gasteiger partial charge on any atom is -0.347 e. The van der Waals surface area contributed by atoms with E-state index < -0.39 is 0 Å². The van der Waals surface area contributed by atoms with Crippen molar-refractivity contribution in [3.8, 4) is 0 Å². The SMILES string of the molecule is O=C1CNCC(c2cn[nH]c2)N1. The van der Waals surface area contributed by atoms with E-state index in [1.54, 1.807) is 12.4 Å². The van der Waals surface area contributed by atoms with E-state index in [1.807, 2.05) is 0 Å². The zero-order chi connectivity index (χ0) is 8.39. The molecular weight excluding hydrogens is 156 g/mol. The van der Waals surface area contributed by atoms with Gasteiger partial charge >= 0.3 is 0 Å². The van der Waals surface area contributed by atoms with Crippen LogP contribution in [0.2, 0.25) is 0 Å². The Morgan fingerprint density at radius 1 is 1.58 bits per heavy atom. The normalized spacial score (nSPS) is 23.7. The molecule has 1 aliphatic rings. The van der Waals surface area contributed by atoms with Crippen molar-refractivity contribution in [1.82, 2.24) is 20.8 Å². The molecule has 0 bridgehead atoms. The van der Waals surface area contributed by atoms with Gasteiger partial charge in [0.15, 0.2) is 0 Å². The first kappa shape index (κ1) is 7.30. The largest absolute Gasteiger partial charge is 0.347 e. The number of hydrogen-bond acceptors (Lipinski definition) is 3. The predicted molar refractivity (Wildman–Crippen MR) is 42.3 cm³/mol. The third-order valence-corrected chi connectivity index (χ3v) is 1.89. The summed E-state index contributed by atoms with van der Waals surface area (Å²) in [5, 5.41) is 12.4. The Morgan fingerprint density at radius 3 is 3.17 bits per heavy atom. The topological polar surface area (TPSA) is 69.8 Å². The summed E-state index contributed by atoms with van der Waals surface area (Å²) in [5.41, 5.74) is 1.01. The molecule has 5 nitrogen and oxygen atoms in total. The number of nitrogens with zero attached hydrogens (tertiary/aromatic N) is 1. The van der Waals surface area contributed by atoms with Gasteiger partial charge in [-0.25, -0.2) is 0 Å². The van der Waals surface area contributed by atoms with E-state index >= 15 is 0 Å². The zero-order valence-electron chi connectivity index (χ0n) is 6.50. The molecule has 1 saturated heterocycles. The van der Waals surface area contributed by atoms with Gasteiger partial charge in [-0.2, -0.15) is 5.10 Å². The van der Waals surface area contributed by atoms with Crippen LogP contribution in [0.5, 0.6) is 0 Å². The van der Waals surface area contributed by atoms with Crippen LogP contribution >= 0.6 is 0 Å². The van der Waals surface area contributed by atoms with Crippen LogP contribution in [-0.4, -0.2) is 29.2 Å². The molecule has 12 heavy (non-hydrogen) atoms. The van der Waals surface area contributed by atoms with Gasteiger partial charge in [0.1, 0.15) is 0 Å². The Hall–Kier alpha value is -1.36. The quantitative estimate of drug-likeness (QED) is 0.510. The molecular formula is C7H10N4O. The van der Waals surface area contributed by atoms with E-state index in [0.29, 0.717) is 6.54 Å². The highest BCUT2D eigenvalue weighted by Crippen LogP contribution is 2.10. The number of H-pyrrole nitrogens is 1. The smallest absolute Gasteiger partial charge is 0.234 e. The lowest BCUT2D eigenvalue weighted by molar-refractivity contribution is -0.122. The highest BCUT2D eigenvalue weighted by Gasteiger charge is 2.19. The van der Waals surface area contributed by atoms with Crippen molar-refractivity contribution in [3.05, 3.63) is 18.0 Å². The maximum atomic E-state index is 11.0. The second kappa shape index (κ2) is 2.94. The molecule has 5 heteroatoms. The number of carbonyl (C=O) groups excluding carboxylic acids is 1. The van der Waals surface area contributed by atoms with Crippen LogP contribution in [-0.2, 0) is 4.79 Å². The monoisotopic (exact) mass is 166 g/mol. The highest BCUT2D eigenvalue weighted by atomic mass is 16.2. The molecule has 0 spiro atoms. The third kappa shape index (κ3) is 1.31. The van der Waals surface area contributed by atoms with Crippen molar-refractivity contribution in [2.45, 2.75) is 6.04 Å². The highest BCUT2D eigenvalue weighted by molar-refractivity contribution is 5.79. The summed E-state index contributed by atoms with van der Waals surface area (Å²) in [6.07, 6.45) is 3.51. The minimum atomic E-state index is 0.0347. The molecule has 0 saturated carbocycles. The van der Waals surface area contributed by atoms with Crippen molar-refractivity contribution in [1.29, 1.82) is 0 Å². The molecule has 1 aromatic heterocycles. The van der Waals surface area contributed by atoms with Crippen molar-refractivity contribution in [2.24, 2.45) is 0 Å². The zero-order valence-corrected chi connectivity index (χ0v) is 6.50. The van der Waals surface area contributed by atoms with Crippen LogP contribution in [0.25, 0.3) is 0 Å². The average Bonchev–Trinajstić information content (AvgIpc) is 2.56. The minimum absolute atomic E-state index is 0.0347. The Kier molecular flexibility index (Phi) is 1.79. The Balaban J connectivity index is 2.09. The molecule has 1 atom stereocenters. The van der Waals surface area contributed by atoms with E-state index in [2.05, 4.69) is 20.8 Å². The predicted octanol–water partition coefficient (Wildman–Crippen LogP) is -0.830. The third-order valence-electron chi connectivity index (χ3n) is 1.89. The summed E-state index contributed by atoms with van der Waals surface area (Å²) in [6, 6.07) is 0.0602. The summed E-state index contributed by atoms with van der Waals surface area (Å²) < 4.78 is 0. The summed E-state index contributed by atoms with van der Waals surface area (Å²) in [4.78, 5) is 11.0. The molecule has 0 radical (unpaired) electrons. The Labute approximate surface area is 69.5 Å². The summed E-state index contributed by atoms with van der Waals surface area (Å²) in [7, 11) is 0. The van der Waals surface area contributed by atoms with Crippen molar-refractivity contribution < 1.29 is 4.79 Å². The molecule has 1 amide bonds. The van der Waals surface area contributed by atoms with Gasteiger partial charge in [0.25, 0.3) is 0 Å². The first-order valence-electron chi connectivity index (χ1n) is 3.85. The van der Waals surface area contributed by atoms with Gasteiger partial charge in [-0.15, -0.1) is 0 Å². The number of hydrogen-bond donors (Lipinski definition) is 3. The molecule has 0 aromatic carbocycles. The summed E-state index contributed by atoms with van der Waals surface area (Å²) in [6.45, 7) is 1.18. The number of piperazine rings is 1. The van der Waals surface area contributed by atoms with E-state index in [0.717, 1.165) is 12.1 Å². The first-order chi connectivity index (χ1) is 5.86. The maximum Gasteiger partial charge on any atom is 0.234 e. The van der Waals surface area contributed by atoms with Crippen molar-refractivity contribution in [3.63, 3.8) is 0 Å². The molecule has 0 aliphatic carbocycles. The fourth-order valence-electron chi connectivity index (χ4n) is 1.28. The first-order valence-corrected chi connectivity index (χ1v) is 3.85. The summed E-state index contributed by atoms with van der Waals surface area (Å²) in [5.74, 6) is 0.0347. The van der Waals surface area contributed by atoms with Gasteiger partial charge in [0, 0.05) is 18.3 Å². The lowest BCUT2D eigenvalue weighted by Crippen LogP contribution is -2.46. The summed E-state index contributed by atoms with van der Waals surface area (Å²) >= 11 is 0. The van der Waals surface area contributed by atoms with Gasteiger partial charge in [-0.05, 0) is 0 Å². The molecule has 3 N–H and O–H groups in total. The molecule has 1 aliphatic heterocycles. The lowest BCUT2D eigenvalue weighted by atomic mass is 10.1. The van der Waals surface area contributed by atoms with Crippen LogP contribution in [0.15, 0.2) is 12.4 Å². The number of nitrogens with one attached hydrogen (secondary N) is 3. The van der Waals surface area contributed by atoms with Gasteiger partial charge in [-0.1, -0.05) is 0 Å². The van der Waals surface area contributed by atoms with Crippen LogP contribution < -0.4 is 10.6 Å². The molecule has 1 aromatic rings. The van der Waals surface area contributed by atoms with E-state index in [9.17, 15) is 4.79 Å². The molecule has 64 valence electrons. The molecule has 2 heterocycles. The average molecular weight is 166 g/mol. The fraction of sp³-hybridized carbons (Fsp3) is 0.429. The van der Waals surface area contributed by atoms with Crippen LogP contribution in [0.3, 0.4) is 0 Å². The maximum absolute atomic E-state index is 11.0.